The van der Waals surface area contributed by atoms with E-state index in [1.165, 1.54) is 19.1 Å². The molecule has 0 aromatic heterocycles. The molecule has 2 aromatic carbocycles. The number of ketones is 1. The lowest BCUT2D eigenvalue weighted by molar-refractivity contribution is -0.139. The van der Waals surface area contributed by atoms with Crippen LogP contribution in [0.1, 0.15) is 22.8 Å². The molecule has 0 spiro atoms. The smallest absolute Gasteiger partial charge is 0.295 e. The van der Waals surface area contributed by atoms with E-state index in [-0.39, 0.29) is 16.2 Å². The summed E-state index contributed by atoms with van der Waals surface area (Å²) in [4.78, 5) is 10.9. The lowest BCUT2D eigenvalue weighted by Crippen LogP contribution is -2.15. The summed E-state index contributed by atoms with van der Waals surface area (Å²) in [6, 6.07) is 6.63. The van der Waals surface area contributed by atoms with Gasteiger partial charge in [0, 0.05) is 11.3 Å². The normalized spacial score (nSPS) is 12.0. The van der Waals surface area contributed by atoms with Gasteiger partial charge in [0.25, 0.3) is 10.0 Å². The van der Waals surface area contributed by atoms with Crippen molar-refractivity contribution in [3.8, 4) is 0 Å². The predicted molar refractivity (Wildman–Crippen MR) is 78.7 cm³/mol. The van der Waals surface area contributed by atoms with E-state index in [9.17, 15) is 30.8 Å². The number of Topliss-reactive ketones (excluding diaryl/α,β-unsaturated/α-hetero) is 1. The number of nitrogens with one attached hydrogen (secondary N) is 1. The summed E-state index contributed by atoms with van der Waals surface area (Å²) in [6.07, 6.45) is -4.95. The molecular weight excluding hydrogens is 350 g/mol. The molecule has 0 fully saturated rings. The third-order valence-electron chi connectivity index (χ3n) is 3.10. The SMILES string of the molecule is CC(=O)c1ccc(S(=O)(=O)Nc2ccc(F)c(C(F)(F)F)c2)cc1. The fourth-order valence-corrected chi connectivity index (χ4v) is 2.94. The first kappa shape index (κ1) is 17.9. The van der Waals surface area contributed by atoms with Crippen LogP contribution in [-0.4, -0.2) is 14.2 Å². The molecule has 2 rings (SSSR count). The van der Waals surface area contributed by atoms with Crippen LogP contribution >= 0.6 is 0 Å². The fourth-order valence-electron chi connectivity index (χ4n) is 1.89. The van der Waals surface area contributed by atoms with E-state index in [0.29, 0.717) is 12.1 Å². The van der Waals surface area contributed by atoms with E-state index < -0.39 is 33.3 Å². The predicted octanol–water partition coefficient (Wildman–Crippen LogP) is 3.85. The molecule has 128 valence electrons. The minimum Gasteiger partial charge on any atom is -0.295 e. The van der Waals surface area contributed by atoms with E-state index in [0.717, 1.165) is 18.2 Å². The molecule has 1 N–H and O–H groups in total. The van der Waals surface area contributed by atoms with Crippen molar-refractivity contribution in [1.29, 1.82) is 0 Å². The monoisotopic (exact) mass is 361 g/mol. The molecule has 0 atom stereocenters. The van der Waals surface area contributed by atoms with Gasteiger partial charge >= 0.3 is 6.18 Å². The Morgan fingerprint density at radius 3 is 2.12 bits per heavy atom. The van der Waals surface area contributed by atoms with Gasteiger partial charge < -0.3 is 0 Å². The summed E-state index contributed by atoms with van der Waals surface area (Å²) in [6.45, 7) is 1.30. The van der Waals surface area contributed by atoms with Gasteiger partial charge in [-0.15, -0.1) is 0 Å². The summed E-state index contributed by atoms with van der Waals surface area (Å²) in [5.74, 6) is -1.77. The van der Waals surface area contributed by atoms with E-state index in [1.807, 2.05) is 4.72 Å². The number of hydrogen-bond acceptors (Lipinski definition) is 3. The molecule has 0 aliphatic heterocycles. The molecule has 0 aliphatic carbocycles. The van der Waals surface area contributed by atoms with Crippen LogP contribution in [0, 0.1) is 5.82 Å². The summed E-state index contributed by atoms with van der Waals surface area (Å²) in [5, 5.41) is 0. The molecule has 0 bridgehead atoms. The first-order valence-corrected chi connectivity index (χ1v) is 7.99. The largest absolute Gasteiger partial charge is 0.419 e. The Hall–Kier alpha value is -2.42. The standard InChI is InChI=1S/C15H11F4NO3S/c1-9(21)10-2-5-12(6-3-10)24(22,23)20-11-4-7-14(16)13(8-11)15(17,18)19/h2-8,20H,1H3. The van der Waals surface area contributed by atoms with E-state index >= 15 is 0 Å². The highest BCUT2D eigenvalue weighted by molar-refractivity contribution is 7.92. The zero-order valence-corrected chi connectivity index (χ0v) is 13.0. The number of carbonyl (C=O) groups is 1. The number of rotatable bonds is 4. The van der Waals surface area contributed by atoms with Gasteiger partial charge in [-0.25, -0.2) is 12.8 Å². The summed E-state index contributed by atoms with van der Waals surface area (Å²) >= 11 is 0. The van der Waals surface area contributed by atoms with Gasteiger partial charge in [-0.05, 0) is 37.3 Å². The zero-order chi connectivity index (χ0) is 18.1. The molecule has 0 saturated carbocycles. The van der Waals surface area contributed by atoms with Crippen LogP contribution < -0.4 is 4.72 Å². The Kier molecular flexibility index (Phi) is 4.66. The highest BCUT2D eigenvalue weighted by atomic mass is 32.2. The van der Waals surface area contributed by atoms with Crippen LogP contribution in [0.4, 0.5) is 23.2 Å². The van der Waals surface area contributed by atoms with Crippen molar-refractivity contribution in [3.63, 3.8) is 0 Å². The number of hydrogen-bond donors (Lipinski definition) is 1. The highest BCUT2D eigenvalue weighted by Crippen LogP contribution is 2.33. The average Bonchev–Trinajstić information content (AvgIpc) is 2.48. The lowest BCUT2D eigenvalue weighted by atomic mass is 10.2. The highest BCUT2D eigenvalue weighted by Gasteiger charge is 2.34. The first-order chi connectivity index (χ1) is 11.0. The van der Waals surface area contributed by atoms with Crippen molar-refractivity contribution in [2.24, 2.45) is 0 Å². The number of benzene rings is 2. The second-order valence-electron chi connectivity index (χ2n) is 4.88. The summed E-state index contributed by atoms with van der Waals surface area (Å²) in [5.41, 5.74) is -1.72. The van der Waals surface area contributed by atoms with Crippen molar-refractivity contribution in [2.75, 3.05) is 4.72 Å². The molecule has 2 aromatic rings. The lowest BCUT2D eigenvalue weighted by Gasteiger charge is -2.12. The van der Waals surface area contributed by atoms with Gasteiger partial charge in [-0.3, -0.25) is 9.52 Å². The van der Waals surface area contributed by atoms with E-state index in [4.69, 9.17) is 0 Å². The van der Waals surface area contributed by atoms with Crippen molar-refractivity contribution < 1.29 is 30.8 Å². The average molecular weight is 361 g/mol. The Bertz CT molecular complexity index is 875. The van der Waals surface area contributed by atoms with E-state index in [2.05, 4.69) is 0 Å². The molecule has 0 radical (unpaired) electrons. The molecule has 4 nitrogen and oxygen atoms in total. The van der Waals surface area contributed by atoms with E-state index in [1.54, 1.807) is 0 Å². The van der Waals surface area contributed by atoms with Crippen molar-refractivity contribution in [1.82, 2.24) is 0 Å². The molecule has 0 amide bonds. The third kappa shape index (κ3) is 3.91. The number of sulfonamides is 1. The Balaban J connectivity index is 2.34. The number of carbonyl (C=O) groups excluding carboxylic acids is 1. The third-order valence-corrected chi connectivity index (χ3v) is 4.49. The van der Waals surface area contributed by atoms with Crippen LogP contribution in [0.2, 0.25) is 0 Å². The Morgan fingerprint density at radius 1 is 1.04 bits per heavy atom. The summed E-state index contributed by atoms with van der Waals surface area (Å²) < 4.78 is 77.4. The van der Waals surface area contributed by atoms with Crippen molar-refractivity contribution in [2.45, 2.75) is 18.0 Å². The Labute approximate surface area is 135 Å². The van der Waals surface area contributed by atoms with Crippen molar-refractivity contribution >= 4 is 21.5 Å². The molecular formula is C15H11F4NO3S. The van der Waals surface area contributed by atoms with Gasteiger partial charge in [-0.2, -0.15) is 13.2 Å². The van der Waals surface area contributed by atoms with Gasteiger partial charge in [0.05, 0.1) is 10.5 Å². The molecule has 0 aliphatic rings. The van der Waals surface area contributed by atoms with Crippen molar-refractivity contribution in [3.05, 3.63) is 59.4 Å². The van der Waals surface area contributed by atoms with Gasteiger partial charge in [0.15, 0.2) is 5.78 Å². The fraction of sp³-hybridized carbons (Fsp3) is 0.133. The maximum absolute atomic E-state index is 13.2. The van der Waals surface area contributed by atoms with Crippen LogP contribution in [0.5, 0.6) is 0 Å². The van der Waals surface area contributed by atoms with Gasteiger partial charge in [-0.1, -0.05) is 12.1 Å². The quantitative estimate of drug-likeness (QED) is 0.665. The molecule has 0 saturated heterocycles. The topological polar surface area (TPSA) is 63.2 Å². The van der Waals surface area contributed by atoms with Crippen LogP contribution in [0.15, 0.2) is 47.4 Å². The van der Waals surface area contributed by atoms with Crippen LogP contribution in [0.3, 0.4) is 0 Å². The van der Waals surface area contributed by atoms with Gasteiger partial charge in [0.1, 0.15) is 5.82 Å². The Morgan fingerprint density at radius 2 is 1.62 bits per heavy atom. The van der Waals surface area contributed by atoms with Crippen LogP contribution in [0.25, 0.3) is 0 Å². The number of alkyl halides is 3. The van der Waals surface area contributed by atoms with Gasteiger partial charge in [0.2, 0.25) is 0 Å². The molecule has 0 heterocycles. The van der Waals surface area contributed by atoms with Crippen LogP contribution in [-0.2, 0) is 16.2 Å². The number of anilines is 1. The minimum atomic E-state index is -4.95. The molecule has 9 heteroatoms. The second kappa shape index (κ2) is 6.23. The number of halogens is 4. The maximum Gasteiger partial charge on any atom is 0.419 e. The first-order valence-electron chi connectivity index (χ1n) is 6.51. The molecule has 24 heavy (non-hydrogen) atoms. The minimum absolute atomic E-state index is 0.245. The summed E-state index contributed by atoms with van der Waals surface area (Å²) in [7, 11) is -4.18. The second-order valence-corrected chi connectivity index (χ2v) is 6.56. The maximum atomic E-state index is 13.2. The zero-order valence-electron chi connectivity index (χ0n) is 12.2. The molecule has 0 unspecified atom stereocenters.